The van der Waals surface area contributed by atoms with Crippen LogP contribution in [-0.4, -0.2) is 35.0 Å². The predicted molar refractivity (Wildman–Crippen MR) is 69.9 cm³/mol. The molecule has 0 aliphatic carbocycles. The van der Waals surface area contributed by atoms with Crippen molar-refractivity contribution < 1.29 is 24.3 Å². The van der Waals surface area contributed by atoms with Crippen LogP contribution in [0.15, 0.2) is 0 Å². The molecule has 6 heteroatoms. The molecule has 0 heterocycles. The molecular formula is C12H24O5P+. The average molecular weight is 279 g/mol. The molecule has 0 amide bonds. The number of carboxylic acid groups (broad SMARTS) is 1. The van der Waals surface area contributed by atoms with Gasteiger partial charge in [0.25, 0.3) is 5.85 Å². The summed E-state index contributed by atoms with van der Waals surface area (Å²) in [5.41, 5.74) is -1.19. The topological polar surface area (TPSA) is 83.8 Å². The number of rotatable bonds is 9. The lowest BCUT2D eigenvalue weighted by Crippen LogP contribution is -2.43. The quantitative estimate of drug-likeness (QED) is 0.634. The molecular weight excluding hydrogens is 255 g/mol. The molecule has 2 N–H and O–H groups in total. The number of carboxylic acids is 1. The van der Waals surface area contributed by atoms with E-state index in [2.05, 4.69) is 0 Å². The summed E-state index contributed by atoms with van der Waals surface area (Å²) in [6.07, 6.45) is 0.157. The molecule has 5 nitrogen and oxygen atoms in total. The second-order valence-electron chi connectivity index (χ2n) is 4.78. The third-order valence-electron chi connectivity index (χ3n) is 3.03. The molecule has 3 unspecified atom stereocenters. The molecule has 106 valence electrons. The van der Waals surface area contributed by atoms with E-state index < -0.39 is 31.4 Å². The number of hydrogen-bond acceptors (Lipinski definition) is 4. The van der Waals surface area contributed by atoms with Crippen LogP contribution in [0.2, 0.25) is 0 Å². The van der Waals surface area contributed by atoms with Gasteiger partial charge in [0, 0.05) is 6.61 Å². The molecule has 0 fully saturated rings. The van der Waals surface area contributed by atoms with Gasteiger partial charge in [0.05, 0.1) is 0 Å². The summed E-state index contributed by atoms with van der Waals surface area (Å²) in [6.45, 7) is 7.60. The molecule has 0 spiro atoms. The van der Waals surface area contributed by atoms with Gasteiger partial charge in [0.2, 0.25) is 6.35 Å². The summed E-state index contributed by atoms with van der Waals surface area (Å²) in [7, 11) is -2.10. The Bertz CT molecular complexity index is 290. The van der Waals surface area contributed by atoms with Crippen molar-refractivity contribution in [2.45, 2.75) is 46.4 Å². The lowest BCUT2D eigenvalue weighted by molar-refractivity contribution is -0.157. The van der Waals surface area contributed by atoms with Crippen molar-refractivity contribution in [2.24, 2.45) is 11.3 Å². The number of aliphatic carboxylic acids is 1. The summed E-state index contributed by atoms with van der Waals surface area (Å²) in [5.74, 6) is -1.80. The van der Waals surface area contributed by atoms with E-state index in [9.17, 15) is 14.5 Å². The first kappa shape index (κ1) is 17.5. The van der Waals surface area contributed by atoms with Crippen LogP contribution in [0.1, 0.15) is 40.5 Å². The van der Waals surface area contributed by atoms with Crippen LogP contribution in [-0.2, 0) is 14.1 Å². The fourth-order valence-corrected chi connectivity index (χ4v) is 3.66. The van der Waals surface area contributed by atoms with E-state index >= 15 is 0 Å². The van der Waals surface area contributed by atoms with Gasteiger partial charge in [-0.3, -0.25) is 4.79 Å². The van der Waals surface area contributed by atoms with Crippen molar-refractivity contribution in [3.63, 3.8) is 0 Å². The highest BCUT2D eigenvalue weighted by atomic mass is 31.1. The molecule has 18 heavy (non-hydrogen) atoms. The molecule has 0 aromatic rings. The van der Waals surface area contributed by atoms with E-state index in [4.69, 9.17) is 9.84 Å². The molecule has 0 rings (SSSR count). The second kappa shape index (κ2) is 7.82. The van der Waals surface area contributed by atoms with E-state index in [0.717, 1.165) is 0 Å². The SMILES string of the molecule is CCOC([P+](=O)CO)C(CC)(CC(C)C)C(=O)O. The first-order valence-electron chi connectivity index (χ1n) is 6.25. The third kappa shape index (κ3) is 4.01. The summed E-state index contributed by atoms with van der Waals surface area (Å²) in [6, 6.07) is 0. The van der Waals surface area contributed by atoms with Crippen LogP contribution in [0.3, 0.4) is 0 Å². The Morgan fingerprint density at radius 1 is 1.39 bits per heavy atom. The molecule has 0 saturated heterocycles. The second-order valence-corrected chi connectivity index (χ2v) is 6.37. The average Bonchev–Trinajstić information content (AvgIpc) is 2.31. The lowest BCUT2D eigenvalue weighted by atomic mass is 9.78. The summed E-state index contributed by atoms with van der Waals surface area (Å²) < 4.78 is 17.3. The van der Waals surface area contributed by atoms with Crippen LogP contribution >= 0.6 is 7.80 Å². The summed E-state index contributed by atoms with van der Waals surface area (Å²) >= 11 is 0. The van der Waals surface area contributed by atoms with E-state index in [1.54, 1.807) is 13.8 Å². The van der Waals surface area contributed by atoms with E-state index in [1.807, 2.05) is 13.8 Å². The van der Waals surface area contributed by atoms with Gasteiger partial charge in [0.15, 0.2) is 0 Å². The minimum atomic E-state index is -2.10. The largest absolute Gasteiger partial charge is 0.481 e. The highest BCUT2D eigenvalue weighted by Gasteiger charge is 2.55. The van der Waals surface area contributed by atoms with E-state index in [-0.39, 0.29) is 12.5 Å². The minimum absolute atomic E-state index is 0.145. The molecule has 0 aliphatic rings. The van der Waals surface area contributed by atoms with E-state index in [1.165, 1.54) is 0 Å². The Balaban J connectivity index is 5.45. The van der Waals surface area contributed by atoms with Crippen molar-refractivity contribution >= 4 is 13.8 Å². The van der Waals surface area contributed by atoms with Crippen molar-refractivity contribution in [1.29, 1.82) is 0 Å². The van der Waals surface area contributed by atoms with Crippen LogP contribution < -0.4 is 0 Å². The minimum Gasteiger partial charge on any atom is -0.481 e. The Morgan fingerprint density at radius 2 is 1.94 bits per heavy atom. The van der Waals surface area contributed by atoms with E-state index in [0.29, 0.717) is 12.8 Å². The van der Waals surface area contributed by atoms with Gasteiger partial charge in [-0.2, -0.15) is 0 Å². The fourth-order valence-electron chi connectivity index (χ4n) is 2.24. The Labute approximate surface area is 109 Å². The lowest BCUT2D eigenvalue weighted by Gasteiger charge is -2.31. The normalized spacial score (nSPS) is 17.3. The van der Waals surface area contributed by atoms with Crippen molar-refractivity contribution in [3.8, 4) is 0 Å². The van der Waals surface area contributed by atoms with Crippen LogP contribution in [0, 0.1) is 11.3 Å². The Morgan fingerprint density at radius 3 is 2.22 bits per heavy atom. The highest BCUT2D eigenvalue weighted by Crippen LogP contribution is 2.47. The number of hydrogen-bond donors (Lipinski definition) is 2. The maximum Gasteiger partial charge on any atom is 0.399 e. The highest BCUT2D eigenvalue weighted by molar-refractivity contribution is 7.45. The fraction of sp³-hybridized carbons (Fsp3) is 0.917. The van der Waals surface area contributed by atoms with Crippen molar-refractivity contribution in [3.05, 3.63) is 0 Å². The maximum absolute atomic E-state index is 11.9. The van der Waals surface area contributed by atoms with Crippen molar-refractivity contribution in [1.82, 2.24) is 0 Å². The van der Waals surface area contributed by atoms with Gasteiger partial charge >= 0.3 is 13.8 Å². The third-order valence-corrected chi connectivity index (χ3v) is 4.47. The monoisotopic (exact) mass is 279 g/mol. The molecule has 0 saturated carbocycles. The summed E-state index contributed by atoms with van der Waals surface area (Å²) in [4.78, 5) is 11.6. The maximum atomic E-state index is 11.9. The predicted octanol–water partition coefficient (Wildman–Crippen LogP) is 2.65. The van der Waals surface area contributed by atoms with Gasteiger partial charge in [0.1, 0.15) is 5.41 Å². The molecule has 0 aromatic carbocycles. The molecule has 0 bridgehead atoms. The zero-order chi connectivity index (χ0) is 14.3. The van der Waals surface area contributed by atoms with Crippen LogP contribution in [0.5, 0.6) is 0 Å². The van der Waals surface area contributed by atoms with Gasteiger partial charge < -0.3 is 14.9 Å². The molecule has 3 atom stereocenters. The molecule has 0 aliphatic heterocycles. The number of aliphatic hydroxyl groups excluding tert-OH is 1. The summed E-state index contributed by atoms with van der Waals surface area (Å²) in [5, 5.41) is 18.6. The molecule has 0 radical (unpaired) electrons. The Kier molecular flexibility index (Phi) is 7.60. The van der Waals surface area contributed by atoms with Crippen LogP contribution in [0.4, 0.5) is 0 Å². The van der Waals surface area contributed by atoms with Gasteiger partial charge in [-0.1, -0.05) is 25.3 Å². The molecule has 0 aromatic heterocycles. The van der Waals surface area contributed by atoms with Crippen LogP contribution in [0.25, 0.3) is 0 Å². The van der Waals surface area contributed by atoms with Crippen molar-refractivity contribution in [2.75, 3.05) is 13.0 Å². The smallest absolute Gasteiger partial charge is 0.399 e. The zero-order valence-corrected chi connectivity index (χ0v) is 12.4. The number of carbonyl (C=O) groups is 1. The first-order chi connectivity index (χ1) is 8.35. The number of aliphatic hydroxyl groups is 1. The number of ether oxygens (including phenoxy) is 1. The first-order valence-corrected chi connectivity index (χ1v) is 7.76. The Hall–Kier alpha value is -0.510. The van der Waals surface area contributed by atoms with Gasteiger partial charge in [-0.25, -0.2) is 0 Å². The van der Waals surface area contributed by atoms with Gasteiger partial charge in [-0.15, -0.1) is 0 Å². The zero-order valence-electron chi connectivity index (χ0n) is 11.5. The standard InChI is InChI=1S/C12H23O5P/c1-5-12(10(14)15,7-9(3)4)11(17-6-2)18(16)8-13/h9,11,13H,5-8H2,1-4H3/p+1. The van der Waals surface area contributed by atoms with Gasteiger partial charge in [-0.05, 0) is 25.7 Å².